The van der Waals surface area contributed by atoms with Crippen LogP contribution >= 0.6 is 0 Å². The van der Waals surface area contributed by atoms with Gasteiger partial charge in [0, 0.05) is 11.6 Å². The SMILES string of the molecule is COc1cc(C)c(OC)c(C2CCCN2)c1C. The highest BCUT2D eigenvalue weighted by atomic mass is 16.5. The van der Waals surface area contributed by atoms with Crippen LogP contribution in [0.5, 0.6) is 11.5 Å². The van der Waals surface area contributed by atoms with Crippen molar-refractivity contribution in [3.8, 4) is 11.5 Å². The molecule has 1 aliphatic heterocycles. The molecule has 1 aliphatic rings. The Labute approximate surface area is 103 Å². The van der Waals surface area contributed by atoms with Crippen molar-refractivity contribution in [3.05, 3.63) is 22.8 Å². The van der Waals surface area contributed by atoms with Gasteiger partial charge in [0.25, 0.3) is 0 Å². The van der Waals surface area contributed by atoms with Crippen LogP contribution in [0, 0.1) is 13.8 Å². The molecule has 0 aromatic heterocycles. The van der Waals surface area contributed by atoms with E-state index in [1.807, 2.05) is 6.07 Å². The highest BCUT2D eigenvalue weighted by Crippen LogP contribution is 2.40. The van der Waals surface area contributed by atoms with Crippen molar-refractivity contribution in [2.45, 2.75) is 32.7 Å². The van der Waals surface area contributed by atoms with Crippen LogP contribution in [0.25, 0.3) is 0 Å². The molecule has 0 radical (unpaired) electrons. The van der Waals surface area contributed by atoms with E-state index >= 15 is 0 Å². The van der Waals surface area contributed by atoms with Gasteiger partial charge in [0.15, 0.2) is 0 Å². The fourth-order valence-corrected chi connectivity index (χ4v) is 2.72. The Morgan fingerprint density at radius 3 is 2.53 bits per heavy atom. The lowest BCUT2D eigenvalue weighted by molar-refractivity contribution is 0.387. The van der Waals surface area contributed by atoms with Gasteiger partial charge in [0.1, 0.15) is 11.5 Å². The Morgan fingerprint density at radius 1 is 1.24 bits per heavy atom. The molecule has 1 fully saturated rings. The van der Waals surface area contributed by atoms with Crippen LogP contribution in [0.2, 0.25) is 0 Å². The second kappa shape index (κ2) is 4.96. The smallest absolute Gasteiger partial charge is 0.127 e. The lowest BCUT2D eigenvalue weighted by Crippen LogP contribution is -2.16. The topological polar surface area (TPSA) is 30.5 Å². The number of methoxy groups -OCH3 is 2. The average Bonchev–Trinajstić information content (AvgIpc) is 2.84. The van der Waals surface area contributed by atoms with Crippen molar-refractivity contribution in [1.82, 2.24) is 5.32 Å². The van der Waals surface area contributed by atoms with E-state index in [0.29, 0.717) is 6.04 Å². The van der Waals surface area contributed by atoms with Crippen molar-refractivity contribution < 1.29 is 9.47 Å². The first-order valence-corrected chi connectivity index (χ1v) is 6.14. The molecule has 0 aliphatic carbocycles. The van der Waals surface area contributed by atoms with Crippen molar-refractivity contribution in [2.24, 2.45) is 0 Å². The summed E-state index contributed by atoms with van der Waals surface area (Å²) in [6.45, 7) is 5.26. The molecule has 1 N–H and O–H groups in total. The van der Waals surface area contributed by atoms with Crippen LogP contribution in [0.15, 0.2) is 6.07 Å². The summed E-state index contributed by atoms with van der Waals surface area (Å²) in [6, 6.07) is 2.45. The quantitative estimate of drug-likeness (QED) is 0.874. The third kappa shape index (κ3) is 2.12. The first-order valence-electron chi connectivity index (χ1n) is 6.14. The molecule has 0 bridgehead atoms. The van der Waals surface area contributed by atoms with Crippen LogP contribution in [0.1, 0.15) is 35.6 Å². The molecule has 0 saturated carbocycles. The molecule has 3 nitrogen and oxygen atoms in total. The summed E-state index contributed by atoms with van der Waals surface area (Å²) in [5.74, 6) is 1.95. The van der Waals surface area contributed by atoms with Gasteiger partial charge in [0.2, 0.25) is 0 Å². The zero-order valence-electron chi connectivity index (χ0n) is 11.1. The first-order chi connectivity index (χ1) is 8.19. The summed E-state index contributed by atoms with van der Waals surface area (Å²) in [6.07, 6.45) is 2.40. The number of benzene rings is 1. The van der Waals surface area contributed by atoms with Crippen molar-refractivity contribution >= 4 is 0 Å². The van der Waals surface area contributed by atoms with Gasteiger partial charge in [-0.15, -0.1) is 0 Å². The standard InChI is InChI=1S/C14H21NO2/c1-9-8-12(16-3)10(2)13(14(9)17-4)11-6-5-7-15-11/h8,11,15H,5-7H2,1-4H3. The number of hydrogen-bond acceptors (Lipinski definition) is 3. The summed E-state index contributed by atoms with van der Waals surface area (Å²) in [5, 5.41) is 3.53. The van der Waals surface area contributed by atoms with Crippen molar-refractivity contribution in [2.75, 3.05) is 20.8 Å². The molecule has 0 amide bonds. The molecule has 1 atom stereocenters. The second-order valence-corrected chi connectivity index (χ2v) is 4.62. The van der Waals surface area contributed by atoms with Gasteiger partial charge >= 0.3 is 0 Å². The van der Waals surface area contributed by atoms with E-state index in [-0.39, 0.29) is 0 Å². The molecule has 17 heavy (non-hydrogen) atoms. The van der Waals surface area contributed by atoms with E-state index in [4.69, 9.17) is 9.47 Å². The zero-order valence-corrected chi connectivity index (χ0v) is 11.1. The summed E-state index contributed by atoms with van der Waals surface area (Å²) >= 11 is 0. The van der Waals surface area contributed by atoms with Gasteiger partial charge in [-0.3, -0.25) is 0 Å². The van der Waals surface area contributed by atoms with Gasteiger partial charge in [-0.05, 0) is 50.4 Å². The molecule has 0 spiro atoms. The minimum absolute atomic E-state index is 0.402. The van der Waals surface area contributed by atoms with E-state index in [1.165, 1.54) is 24.0 Å². The molecule has 1 saturated heterocycles. The van der Waals surface area contributed by atoms with Crippen molar-refractivity contribution in [3.63, 3.8) is 0 Å². The number of rotatable bonds is 3. The first kappa shape index (κ1) is 12.2. The fraction of sp³-hybridized carbons (Fsp3) is 0.571. The molecule has 3 heteroatoms. The zero-order chi connectivity index (χ0) is 12.4. The minimum atomic E-state index is 0.402. The molecule has 2 rings (SSSR count). The van der Waals surface area contributed by atoms with Crippen LogP contribution in [-0.4, -0.2) is 20.8 Å². The van der Waals surface area contributed by atoms with E-state index in [0.717, 1.165) is 23.6 Å². The van der Waals surface area contributed by atoms with Gasteiger partial charge < -0.3 is 14.8 Å². The largest absolute Gasteiger partial charge is 0.496 e. The van der Waals surface area contributed by atoms with Crippen molar-refractivity contribution in [1.29, 1.82) is 0 Å². The second-order valence-electron chi connectivity index (χ2n) is 4.62. The third-order valence-corrected chi connectivity index (χ3v) is 3.56. The van der Waals surface area contributed by atoms with E-state index < -0.39 is 0 Å². The van der Waals surface area contributed by atoms with Gasteiger partial charge in [-0.25, -0.2) is 0 Å². The molecule has 1 aromatic rings. The third-order valence-electron chi connectivity index (χ3n) is 3.56. The Balaban J connectivity index is 2.55. The maximum absolute atomic E-state index is 5.57. The summed E-state index contributed by atoms with van der Waals surface area (Å²) in [4.78, 5) is 0. The van der Waals surface area contributed by atoms with Gasteiger partial charge in [0.05, 0.1) is 14.2 Å². The Morgan fingerprint density at radius 2 is 2.00 bits per heavy atom. The Bertz CT molecular complexity index is 409. The van der Waals surface area contributed by atoms with Gasteiger partial charge in [-0.2, -0.15) is 0 Å². The van der Waals surface area contributed by atoms with E-state index in [2.05, 4.69) is 19.2 Å². The highest BCUT2D eigenvalue weighted by molar-refractivity contribution is 5.54. The Hall–Kier alpha value is -1.22. The monoisotopic (exact) mass is 235 g/mol. The number of nitrogens with one attached hydrogen (secondary N) is 1. The summed E-state index contributed by atoms with van der Waals surface area (Å²) in [5.41, 5.74) is 3.59. The van der Waals surface area contributed by atoms with Gasteiger partial charge in [-0.1, -0.05) is 0 Å². The molecule has 1 aromatic carbocycles. The molecular formula is C14H21NO2. The summed E-state index contributed by atoms with van der Waals surface area (Å²) < 4.78 is 11.0. The van der Waals surface area contributed by atoms with Crippen LogP contribution in [0.3, 0.4) is 0 Å². The maximum Gasteiger partial charge on any atom is 0.127 e. The predicted octanol–water partition coefficient (Wildman–Crippen LogP) is 2.75. The van der Waals surface area contributed by atoms with Crippen LogP contribution < -0.4 is 14.8 Å². The molecule has 94 valence electrons. The number of aryl methyl sites for hydroxylation is 1. The molecular weight excluding hydrogens is 214 g/mol. The lowest BCUT2D eigenvalue weighted by atomic mass is 9.95. The molecule has 1 heterocycles. The number of ether oxygens (including phenoxy) is 2. The average molecular weight is 235 g/mol. The number of hydrogen-bond donors (Lipinski definition) is 1. The van der Waals surface area contributed by atoms with E-state index in [9.17, 15) is 0 Å². The normalized spacial score (nSPS) is 19.4. The van der Waals surface area contributed by atoms with Crippen LogP contribution in [-0.2, 0) is 0 Å². The van der Waals surface area contributed by atoms with E-state index in [1.54, 1.807) is 14.2 Å². The fourth-order valence-electron chi connectivity index (χ4n) is 2.72. The highest BCUT2D eigenvalue weighted by Gasteiger charge is 2.24. The lowest BCUT2D eigenvalue weighted by Gasteiger charge is -2.21. The van der Waals surface area contributed by atoms with Crippen LogP contribution in [0.4, 0.5) is 0 Å². The molecule has 1 unspecified atom stereocenters. The Kier molecular flexibility index (Phi) is 3.57. The maximum atomic E-state index is 5.57. The predicted molar refractivity (Wildman–Crippen MR) is 69.0 cm³/mol. The summed E-state index contributed by atoms with van der Waals surface area (Å²) in [7, 11) is 3.47. The minimum Gasteiger partial charge on any atom is -0.496 e.